The minimum Gasteiger partial charge on any atom is -0.444 e. The third-order valence-electron chi connectivity index (χ3n) is 2.80. The first-order valence-electron chi connectivity index (χ1n) is 7.53. The van der Waals surface area contributed by atoms with Crippen molar-refractivity contribution in [2.75, 3.05) is 19.0 Å². The Balaban J connectivity index is 4.43. The monoisotopic (exact) mass is 335 g/mol. The zero-order valence-corrected chi connectivity index (χ0v) is 15.3. The standard InChI is InChI=1S/C15H30ClN3O3/c1-14(2,3)11(19-13(21)22-15(4,5)6)10-18-12(20)17-9-7-8-16/h11H,7-10H2,1-6H3,(H,19,21)(H2,17,18,20)/t11-/m1/s1. The van der Waals surface area contributed by atoms with Gasteiger partial charge in [0.1, 0.15) is 5.60 Å². The maximum absolute atomic E-state index is 11.9. The van der Waals surface area contributed by atoms with Gasteiger partial charge in [-0.25, -0.2) is 9.59 Å². The molecule has 0 spiro atoms. The lowest BCUT2D eigenvalue weighted by Gasteiger charge is -2.32. The Hall–Kier alpha value is -1.17. The van der Waals surface area contributed by atoms with Crippen LogP contribution in [0.15, 0.2) is 0 Å². The van der Waals surface area contributed by atoms with E-state index in [2.05, 4.69) is 16.0 Å². The molecule has 0 bridgehead atoms. The van der Waals surface area contributed by atoms with Crippen LogP contribution in [0.3, 0.4) is 0 Å². The van der Waals surface area contributed by atoms with Gasteiger partial charge < -0.3 is 20.7 Å². The molecule has 0 aromatic rings. The van der Waals surface area contributed by atoms with Gasteiger partial charge in [0.2, 0.25) is 0 Å². The number of carbonyl (C=O) groups excluding carboxylic acids is 2. The number of amides is 3. The molecule has 3 N–H and O–H groups in total. The van der Waals surface area contributed by atoms with Crippen LogP contribution in [0.1, 0.15) is 48.0 Å². The summed E-state index contributed by atoms with van der Waals surface area (Å²) >= 11 is 5.55. The molecule has 0 fully saturated rings. The molecular weight excluding hydrogens is 306 g/mol. The summed E-state index contributed by atoms with van der Waals surface area (Å²) in [4.78, 5) is 23.5. The van der Waals surface area contributed by atoms with Crippen molar-refractivity contribution in [1.82, 2.24) is 16.0 Å². The van der Waals surface area contributed by atoms with Gasteiger partial charge in [-0.05, 0) is 32.6 Å². The van der Waals surface area contributed by atoms with Crippen molar-refractivity contribution in [2.45, 2.75) is 59.6 Å². The van der Waals surface area contributed by atoms with E-state index in [1.807, 2.05) is 20.8 Å². The topological polar surface area (TPSA) is 79.5 Å². The first-order valence-corrected chi connectivity index (χ1v) is 8.06. The number of ether oxygens (including phenoxy) is 1. The number of hydrogen-bond donors (Lipinski definition) is 3. The largest absolute Gasteiger partial charge is 0.444 e. The van der Waals surface area contributed by atoms with Gasteiger partial charge in [-0.15, -0.1) is 11.6 Å². The molecule has 0 unspecified atom stereocenters. The molecule has 0 aromatic carbocycles. The summed E-state index contributed by atoms with van der Waals surface area (Å²) in [7, 11) is 0. The van der Waals surface area contributed by atoms with Gasteiger partial charge in [-0.3, -0.25) is 0 Å². The molecule has 22 heavy (non-hydrogen) atoms. The summed E-state index contributed by atoms with van der Waals surface area (Å²) in [6.07, 6.45) is 0.227. The zero-order valence-electron chi connectivity index (χ0n) is 14.5. The Labute approximate surface area is 138 Å². The van der Waals surface area contributed by atoms with Gasteiger partial charge >= 0.3 is 12.1 Å². The van der Waals surface area contributed by atoms with E-state index in [9.17, 15) is 9.59 Å². The lowest BCUT2D eigenvalue weighted by Crippen LogP contribution is -2.53. The third-order valence-corrected chi connectivity index (χ3v) is 3.07. The maximum atomic E-state index is 11.9. The summed E-state index contributed by atoms with van der Waals surface area (Å²) in [5, 5.41) is 8.27. The fourth-order valence-corrected chi connectivity index (χ4v) is 1.68. The Morgan fingerprint density at radius 3 is 2.14 bits per heavy atom. The number of carbonyl (C=O) groups is 2. The van der Waals surface area contributed by atoms with Gasteiger partial charge in [0.15, 0.2) is 0 Å². The van der Waals surface area contributed by atoms with E-state index in [4.69, 9.17) is 16.3 Å². The highest BCUT2D eigenvalue weighted by Gasteiger charge is 2.28. The Kier molecular flexibility index (Phi) is 8.60. The summed E-state index contributed by atoms with van der Waals surface area (Å²) in [6, 6.07) is -0.522. The molecule has 0 heterocycles. The molecule has 0 aromatic heterocycles. The molecule has 0 aliphatic rings. The molecule has 0 rings (SSSR count). The van der Waals surface area contributed by atoms with Crippen molar-refractivity contribution >= 4 is 23.7 Å². The lowest BCUT2D eigenvalue weighted by molar-refractivity contribution is 0.0464. The van der Waals surface area contributed by atoms with Gasteiger partial charge in [-0.1, -0.05) is 20.8 Å². The van der Waals surface area contributed by atoms with E-state index in [0.717, 1.165) is 0 Å². The second-order valence-electron chi connectivity index (χ2n) is 7.24. The zero-order chi connectivity index (χ0) is 17.4. The molecule has 0 aliphatic heterocycles. The van der Waals surface area contributed by atoms with Crippen LogP contribution >= 0.6 is 11.6 Å². The van der Waals surface area contributed by atoms with Crippen molar-refractivity contribution in [1.29, 1.82) is 0 Å². The third kappa shape index (κ3) is 10.5. The fourth-order valence-electron chi connectivity index (χ4n) is 1.55. The smallest absolute Gasteiger partial charge is 0.407 e. The van der Waals surface area contributed by atoms with Crippen LogP contribution in [0, 0.1) is 5.41 Å². The molecule has 0 aliphatic carbocycles. The van der Waals surface area contributed by atoms with Crippen LogP contribution in [-0.2, 0) is 4.74 Å². The van der Waals surface area contributed by atoms with Crippen molar-refractivity contribution in [3.8, 4) is 0 Å². The molecular formula is C15H30ClN3O3. The molecule has 0 saturated carbocycles. The molecule has 130 valence electrons. The van der Waals surface area contributed by atoms with E-state index >= 15 is 0 Å². The number of hydrogen-bond acceptors (Lipinski definition) is 3. The highest BCUT2D eigenvalue weighted by Crippen LogP contribution is 2.19. The van der Waals surface area contributed by atoms with Crippen molar-refractivity contribution in [2.24, 2.45) is 5.41 Å². The lowest BCUT2D eigenvalue weighted by atomic mass is 9.87. The highest BCUT2D eigenvalue weighted by atomic mass is 35.5. The normalized spacial score (nSPS) is 13.2. The maximum Gasteiger partial charge on any atom is 0.407 e. The van der Waals surface area contributed by atoms with E-state index in [1.54, 1.807) is 20.8 Å². The minimum absolute atomic E-state index is 0.222. The van der Waals surface area contributed by atoms with Crippen molar-refractivity contribution in [3.63, 3.8) is 0 Å². The molecule has 0 saturated heterocycles. The molecule has 6 nitrogen and oxygen atoms in total. The van der Waals surface area contributed by atoms with Crippen molar-refractivity contribution < 1.29 is 14.3 Å². The average molecular weight is 336 g/mol. The Morgan fingerprint density at radius 2 is 1.68 bits per heavy atom. The van der Waals surface area contributed by atoms with E-state index < -0.39 is 11.7 Å². The van der Waals surface area contributed by atoms with Gasteiger partial charge in [0.25, 0.3) is 0 Å². The number of halogens is 1. The van der Waals surface area contributed by atoms with E-state index in [-0.39, 0.29) is 17.5 Å². The van der Waals surface area contributed by atoms with Crippen LogP contribution in [0.5, 0.6) is 0 Å². The predicted molar refractivity (Wildman–Crippen MR) is 89.4 cm³/mol. The Bertz CT molecular complexity index is 362. The van der Waals surface area contributed by atoms with Gasteiger partial charge in [0, 0.05) is 19.0 Å². The van der Waals surface area contributed by atoms with E-state index in [0.29, 0.717) is 25.4 Å². The number of urea groups is 1. The molecule has 0 radical (unpaired) electrons. The van der Waals surface area contributed by atoms with Gasteiger partial charge in [-0.2, -0.15) is 0 Å². The van der Waals surface area contributed by atoms with Crippen LogP contribution in [0.4, 0.5) is 9.59 Å². The number of alkyl halides is 1. The van der Waals surface area contributed by atoms with Crippen LogP contribution in [-0.4, -0.2) is 42.7 Å². The van der Waals surface area contributed by atoms with Gasteiger partial charge in [0.05, 0.1) is 6.04 Å². The second-order valence-corrected chi connectivity index (χ2v) is 7.62. The number of nitrogens with one attached hydrogen (secondary N) is 3. The summed E-state index contributed by atoms with van der Waals surface area (Å²) < 4.78 is 5.26. The first-order chi connectivity index (χ1) is 9.95. The SMILES string of the molecule is CC(C)(C)OC(=O)N[C@H](CNC(=O)NCCCCl)C(C)(C)C. The average Bonchev–Trinajstić information content (AvgIpc) is 2.31. The molecule has 7 heteroatoms. The minimum atomic E-state index is -0.557. The summed E-state index contributed by atoms with van der Waals surface area (Å²) in [5.41, 5.74) is -0.779. The van der Waals surface area contributed by atoms with Crippen LogP contribution < -0.4 is 16.0 Å². The number of rotatable bonds is 6. The molecule has 1 atom stereocenters. The number of alkyl carbamates (subject to hydrolysis) is 1. The van der Waals surface area contributed by atoms with Crippen molar-refractivity contribution in [3.05, 3.63) is 0 Å². The summed E-state index contributed by atoms with van der Waals surface area (Å²) in [5.74, 6) is 0.505. The summed E-state index contributed by atoms with van der Waals surface area (Å²) in [6.45, 7) is 12.2. The van der Waals surface area contributed by atoms with E-state index in [1.165, 1.54) is 0 Å². The highest BCUT2D eigenvalue weighted by molar-refractivity contribution is 6.17. The molecule has 3 amide bonds. The fraction of sp³-hybridized carbons (Fsp3) is 0.867. The van der Waals surface area contributed by atoms with Crippen LogP contribution in [0.25, 0.3) is 0 Å². The quantitative estimate of drug-likeness (QED) is 0.516. The van der Waals surface area contributed by atoms with Crippen LogP contribution in [0.2, 0.25) is 0 Å². The Morgan fingerprint density at radius 1 is 1.09 bits per heavy atom. The first kappa shape index (κ1) is 20.8. The second kappa shape index (κ2) is 9.08. The predicted octanol–water partition coefficient (Wildman–Crippen LogP) is 2.85.